The van der Waals surface area contributed by atoms with Gasteiger partial charge in [-0.2, -0.15) is 0 Å². The number of hydrogen-bond acceptors (Lipinski definition) is 5. The molecule has 1 aliphatic heterocycles. The first-order valence-corrected chi connectivity index (χ1v) is 7.04. The summed E-state index contributed by atoms with van der Waals surface area (Å²) in [5, 5.41) is 9.34. The molecule has 21 heavy (non-hydrogen) atoms. The number of nitrogens with zero attached hydrogens (tertiary/aromatic N) is 3. The second-order valence-electron chi connectivity index (χ2n) is 6.17. The van der Waals surface area contributed by atoms with Crippen LogP contribution in [0.25, 0.3) is 0 Å². The summed E-state index contributed by atoms with van der Waals surface area (Å²) < 4.78 is 5.79. The Balaban J connectivity index is 2.16. The lowest BCUT2D eigenvalue weighted by Gasteiger charge is -2.42. The van der Waals surface area contributed by atoms with Gasteiger partial charge in [-0.25, -0.2) is 4.98 Å². The van der Waals surface area contributed by atoms with Crippen LogP contribution in [0.1, 0.15) is 24.2 Å². The number of aliphatic hydroxyl groups is 1. The number of carbonyl (C=O) groups is 1. The van der Waals surface area contributed by atoms with E-state index < -0.39 is 0 Å². The van der Waals surface area contributed by atoms with Crippen molar-refractivity contribution in [1.82, 2.24) is 9.88 Å². The van der Waals surface area contributed by atoms with Gasteiger partial charge in [-0.05, 0) is 26.0 Å². The highest BCUT2D eigenvalue weighted by Gasteiger charge is 2.33. The lowest BCUT2D eigenvalue weighted by atomic mass is 10.1. The maximum Gasteiger partial charge on any atom is 0.254 e. The number of anilines is 1. The minimum absolute atomic E-state index is 0.0167. The van der Waals surface area contributed by atoms with Crippen LogP contribution in [-0.2, 0) is 4.74 Å². The summed E-state index contributed by atoms with van der Waals surface area (Å²) in [7, 11) is 3.43. The fourth-order valence-electron chi connectivity index (χ4n) is 2.52. The van der Waals surface area contributed by atoms with E-state index in [1.165, 1.54) is 4.90 Å². The number of aromatic nitrogens is 1. The molecule has 116 valence electrons. The van der Waals surface area contributed by atoms with Gasteiger partial charge >= 0.3 is 0 Å². The molecule has 1 amide bonds. The number of hydrogen-bond donors (Lipinski definition) is 1. The molecule has 0 spiro atoms. The van der Waals surface area contributed by atoms with Gasteiger partial charge in [-0.3, -0.25) is 4.79 Å². The van der Waals surface area contributed by atoms with Crippen molar-refractivity contribution in [3.63, 3.8) is 0 Å². The highest BCUT2D eigenvalue weighted by Crippen LogP contribution is 2.24. The molecule has 0 aliphatic carbocycles. The van der Waals surface area contributed by atoms with Crippen molar-refractivity contribution in [2.45, 2.75) is 25.6 Å². The zero-order valence-corrected chi connectivity index (χ0v) is 13.0. The summed E-state index contributed by atoms with van der Waals surface area (Å²) in [5.41, 5.74) is 0.223. The Hall–Kier alpha value is -1.66. The largest absolute Gasteiger partial charge is 0.394 e. The fraction of sp³-hybridized carbons (Fsp3) is 0.600. The number of carbonyl (C=O) groups excluding carboxylic acids is 1. The minimum atomic E-state index is -0.342. The van der Waals surface area contributed by atoms with Gasteiger partial charge < -0.3 is 19.6 Å². The molecule has 1 N–H and O–H groups in total. The van der Waals surface area contributed by atoms with E-state index in [1.54, 1.807) is 26.4 Å². The summed E-state index contributed by atoms with van der Waals surface area (Å²) >= 11 is 0. The number of aliphatic hydroxyl groups excluding tert-OH is 1. The molecule has 1 aliphatic rings. The third-order valence-electron chi connectivity index (χ3n) is 3.41. The van der Waals surface area contributed by atoms with Crippen LogP contribution in [0, 0.1) is 0 Å². The van der Waals surface area contributed by atoms with Crippen LogP contribution in [-0.4, -0.2) is 66.4 Å². The fourth-order valence-corrected chi connectivity index (χ4v) is 2.52. The van der Waals surface area contributed by atoms with Crippen LogP contribution in [0.2, 0.25) is 0 Å². The van der Waals surface area contributed by atoms with E-state index in [4.69, 9.17) is 4.74 Å². The van der Waals surface area contributed by atoms with Crippen molar-refractivity contribution in [3.8, 4) is 0 Å². The maximum atomic E-state index is 11.9. The third-order valence-corrected chi connectivity index (χ3v) is 3.41. The third kappa shape index (κ3) is 3.71. The van der Waals surface area contributed by atoms with Crippen molar-refractivity contribution >= 4 is 11.7 Å². The van der Waals surface area contributed by atoms with Gasteiger partial charge in [0.15, 0.2) is 0 Å². The van der Waals surface area contributed by atoms with Gasteiger partial charge in [-0.15, -0.1) is 0 Å². The first-order chi connectivity index (χ1) is 9.82. The number of ether oxygens (including phenoxy) is 1. The Morgan fingerprint density at radius 2 is 2.24 bits per heavy atom. The molecule has 0 saturated carbocycles. The molecule has 1 atom stereocenters. The van der Waals surface area contributed by atoms with Gasteiger partial charge in [0, 0.05) is 33.4 Å². The second-order valence-corrected chi connectivity index (χ2v) is 6.17. The molecule has 0 bridgehead atoms. The van der Waals surface area contributed by atoms with Crippen LogP contribution in [0.3, 0.4) is 0 Å². The van der Waals surface area contributed by atoms with Crippen LogP contribution >= 0.6 is 0 Å². The lowest BCUT2D eigenvalue weighted by molar-refractivity contribution is -0.101. The zero-order valence-electron chi connectivity index (χ0n) is 13.0. The van der Waals surface area contributed by atoms with Gasteiger partial charge in [0.05, 0.1) is 23.9 Å². The maximum absolute atomic E-state index is 11.9. The van der Waals surface area contributed by atoms with E-state index in [2.05, 4.69) is 9.88 Å². The molecular formula is C15H23N3O3. The number of rotatable bonds is 3. The first kappa shape index (κ1) is 15.7. The average Bonchev–Trinajstić information content (AvgIpc) is 2.44. The number of morpholine rings is 1. The molecule has 0 radical (unpaired) electrons. The predicted octanol–water partition coefficient (Wildman–Crippen LogP) is 0.759. The zero-order chi connectivity index (χ0) is 15.6. The van der Waals surface area contributed by atoms with Gasteiger partial charge in [0.25, 0.3) is 5.91 Å². The van der Waals surface area contributed by atoms with Crippen LogP contribution in [0.4, 0.5) is 5.82 Å². The molecule has 1 fully saturated rings. The highest BCUT2D eigenvalue weighted by molar-refractivity contribution is 5.93. The van der Waals surface area contributed by atoms with Gasteiger partial charge in [0.2, 0.25) is 0 Å². The summed E-state index contributed by atoms with van der Waals surface area (Å²) in [6, 6.07) is 3.62. The highest BCUT2D eigenvalue weighted by atomic mass is 16.5. The monoisotopic (exact) mass is 293 g/mol. The van der Waals surface area contributed by atoms with Crippen LogP contribution in [0.15, 0.2) is 18.3 Å². The standard InChI is InChI=1S/C15H23N3O3/c1-15(2)10-18(8-12(9-19)21-15)13-6-5-11(7-16-13)14(20)17(3)4/h5-7,12,19H,8-10H2,1-4H3. The normalized spacial score (nSPS) is 21.2. The van der Waals surface area contributed by atoms with Crippen molar-refractivity contribution in [2.75, 3.05) is 38.7 Å². The molecule has 1 unspecified atom stereocenters. The molecule has 1 aromatic heterocycles. The Bertz CT molecular complexity index is 499. The Morgan fingerprint density at radius 1 is 1.52 bits per heavy atom. The Morgan fingerprint density at radius 3 is 2.76 bits per heavy atom. The molecule has 0 aromatic carbocycles. The average molecular weight is 293 g/mol. The molecule has 6 nitrogen and oxygen atoms in total. The summed E-state index contributed by atoms with van der Waals surface area (Å²) in [6.07, 6.45) is 1.37. The second kappa shape index (κ2) is 5.99. The van der Waals surface area contributed by atoms with Crippen molar-refractivity contribution < 1.29 is 14.6 Å². The lowest BCUT2D eigenvalue weighted by Crippen LogP contribution is -2.54. The van der Waals surface area contributed by atoms with Gasteiger partial charge in [-0.1, -0.05) is 0 Å². The van der Waals surface area contributed by atoms with E-state index in [1.807, 2.05) is 19.9 Å². The Labute approximate surface area is 125 Å². The quantitative estimate of drug-likeness (QED) is 0.891. The van der Waals surface area contributed by atoms with E-state index in [-0.39, 0.29) is 24.2 Å². The van der Waals surface area contributed by atoms with Crippen LogP contribution in [0.5, 0.6) is 0 Å². The van der Waals surface area contributed by atoms with E-state index in [9.17, 15) is 9.90 Å². The molecular weight excluding hydrogens is 270 g/mol. The van der Waals surface area contributed by atoms with E-state index in [0.717, 1.165) is 5.82 Å². The molecule has 1 saturated heterocycles. The number of amides is 1. The van der Waals surface area contributed by atoms with Crippen molar-refractivity contribution in [3.05, 3.63) is 23.9 Å². The van der Waals surface area contributed by atoms with Crippen molar-refractivity contribution in [2.24, 2.45) is 0 Å². The summed E-state index contributed by atoms with van der Waals surface area (Å²) in [6.45, 7) is 5.25. The van der Waals surface area contributed by atoms with E-state index in [0.29, 0.717) is 18.7 Å². The topological polar surface area (TPSA) is 65.9 Å². The Kier molecular flexibility index (Phi) is 4.49. The minimum Gasteiger partial charge on any atom is -0.394 e. The first-order valence-electron chi connectivity index (χ1n) is 7.04. The molecule has 1 aromatic rings. The SMILES string of the molecule is CN(C)C(=O)c1ccc(N2CC(CO)OC(C)(C)C2)nc1. The summed E-state index contributed by atoms with van der Waals surface area (Å²) in [5.74, 6) is 0.727. The number of pyridine rings is 1. The predicted molar refractivity (Wildman–Crippen MR) is 80.5 cm³/mol. The molecule has 2 heterocycles. The van der Waals surface area contributed by atoms with E-state index >= 15 is 0 Å². The molecule has 6 heteroatoms. The van der Waals surface area contributed by atoms with Gasteiger partial charge in [0.1, 0.15) is 5.82 Å². The smallest absolute Gasteiger partial charge is 0.254 e. The van der Waals surface area contributed by atoms with Crippen molar-refractivity contribution in [1.29, 1.82) is 0 Å². The summed E-state index contributed by atoms with van der Waals surface area (Å²) in [4.78, 5) is 19.8. The van der Waals surface area contributed by atoms with Crippen LogP contribution < -0.4 is 4.90 Å². The molecule has 2 rings (SSSR count).